The van der Waals surface area contributed by atoms with Crippen LogP contribution in [0.4, 0.5) is 11.5 Å². The van der Waals surface area contributed by atoms with Gasteiger partial charge in [0.2, 0.25) is 0 Å². The number of rotatable bonds is 10. The maximum absolute atomic E-state index is 11.3. The SMILES string of the molecule is CCCCCCC(Nc1ccc(N(C)C)nc1)C(C)C(=O)O. The molecule has 1 aromatic heterocycles. The maximum atomic E-state index is 11.3. The highest BCUT2D eigenvalue weighted by Gasteiger charge is 2.23. The Balaban J connectivity index is 2.67. The molecule has 0 radical (unpaired) electrons. The number of carboxylic acids is 1. The zero-order chi connectivity index (χ0) is 16.5. The van der Waals surface area contributed by atoms with Crippen LogP contribution in [0.1, 0.15) is 46.0 Å². The Morgan fingerprint density at radius 1 is 1.32 bits per heavy atom. The van der Waals surface area contributed by atoms with Crippen molar-refractivity contribution in [3.63, 3.8) is 0 Å². The number of carboxylic acid groups (broad SMARTS) is 1. The molecule has 0 aliphatic rings. The third kappa shape index (κ3) is 5.92. The number of aliphatic carboxylic acids is 1. The molecule has 2 unspecified atom stereocenters. The lowest BCUT2D eigenvalue weighted by Gasteiger charge is -2.24. The number of nitrogens with zero attached hydrogens (tertiary/aromatic N) is 2. The molecule has 0 aliphatic heterocycles. The highest BCUT2D eigenvalue weighted by atomic mass is 16.4. The van der Waals surface area contributed by atoms with E-state index in [1.54, 1.807) is 13.1 Å². The van der Waals surface area contributed by atoms with Gasteiger partial charge in [0, 0.05) is 20.1 Å². The summed E-state index contributed by atoms with van der Waals surface area (Å²) < 4.78 is 0. The van der Waals surface area contributed by atoms with E-state index in [-0.39, 0.29) is 6.04 Å². The second-order valence-corrected chi connectivity index (χ2v) is 6.03. The number of pyridine rings is 1. The molecule has 0 fully saturated rings. The normalized spacial score (nSPS) is 13.5. The summed E-state index contributed by atoms with van der Waals surface area (Å²) in [5, 5.41) is 12.6. The van der Waals surface area contributed by atoms with E-state index >= 15 is 0 Å². The van der Waals surface area contributed by atoms with Gasteiger partial charge in [-0.15, -0.1) is 0 Å². The molecular weight excluding hydrogens is 278 g/mol. The van der Waals surface area contributed by atoms with Crippen molar-refractivity contribution in [3.05, 3.63) is 18.3 Å². The molecular formula is C17H29N3O2. The van der Waals surface area contributed by atoms with Crippen molar-refractivity contribution in [3.8, 4) is 0 Å². The Labute approximate surface area is 133 Å². The van der Waals surface area contributed by atoms with Crippen molar-refractivity contribution in [1.29, 1.82) is 0 Å². The Morgan fingerprint density at radius 2 is 2.05 bits per heavy atom. The summed E-state index contributed by atoms with van der Waals surface area (Å²) in [7, 11) is 3.89. The number of anilines is 2. The van der Waals surface area contributed by atoms with Crippen LogP contribution < -0.4 is 10.2 Å². The molecule has 0 amide bonds. The van der Waals surface area contributed by atoms with Gasteiger partial charge in [-0.2, -0.15) is 0 Å². The minimum absolute atomic E-state index is 0.0682. The zero-order valence-corrected chi connectivity index (χ0v) is 14.2. The molecule has 5 nitrogen and oxygen atoms in total. The van der Waals surface area contributed by atoms with Crippen molar-refractivity contribution in [2.75, 3.05) is 24.3 Å². The number of aromatic nitrogens is 1. The second kappa shape index (κ2) is 9.28. The molecule has 0 aliphatic carbocycles. The molecule has 22 heavy (non-hydrogen) atoms. The van der Waals surface area contributed by atoms with E-state index in [9.17, 15) is 9.90 Å². The molecule has 0 saturated heterocycles. The van der Waals surface area contributed by atoms with Crippen LogP contribution in [0, 0.1) is 5.92 Å². The van der Waals surface area contributed by atoms with Crippen LogP contribution in [0.2, 0.25) is 0 Å². The highest BCUT2D eigenvalue weighted by Crippen LogP contribution is 2.19. The van der Waals surface area contributed by atoms with Crippen molar-refractivity contribution in [2.24, 2.45) is 5.92 Å². The first kappa shape index (κ1) is 18.3. The van der Waals surface area contributed by atoms with Gasteiger partial charge in [0.1, 0.15) is 5.82 Å². The van der Waals surface area contributed by atoms with Crippen LogP contribution >= 0.6 is 0 Å². The predicted molar refractivity (Wildman–Crippen MR) is 91.5 cm³/mol. The summed E-state index contributed by atoms with van der Waals surface area (Å²) in [6.07, 6.45) is 7.22. The number of hydrogen-bond donors (Lipinski definition) is 2. The van der Waals surface area contributed by atoms with E-state index in [0.29, 0.717) is 0 Å². The van der Waals surface area contributed by atoms with E-state index in [0.717, 1.165) is 30.8 Å². The van der Waals surface area contributed by atoms with Crippen molar-refractivity contribution in [2.45, 2.75) is 52.0 Å². The monoisotopic (exact) mass is 307 g/mol. The number of hydrogen-bond acceptors (Lipinski definition) is 4. The van der Waals surface area contributed by atoms with Gasteiger partial charge in [0.15, 0.2) is 0 Å². The van der Waals surface area contributed by atoms with Gasteiger partial charge in [-0.3, -0.25) is 4.79 Å². The average molecular weight is 307 g/mol. The third-order valence-electron chi connectivity index (χ3n) is 3.92. The van der Waals surface area contributed by atoms with Crippen molar-refractivity contribution in [1.82, 2.24) is 4.98 Å². The Bertz CT molecular complexity index is 446. The molecule has 2 N–H and O–H groups in total. The first-order valence-corrected chi connectivity index (χ1v) is 8.08. The maximum Gasteiger partial charge on any atom is 0.308 e. The molecule has 0 spiro atoms. The summed E-state index contributed by atoms with van der Waals surface area (Å²) in [5.41, 5.74) is 0.874. The molecule has 1 aromatic rings. The fraction of sp³-hybridized carbons (Fsp3) is 0.647. The highest BCUT2D eigenvalue weighted by molar-refractivity contribution is 5.71. The minimum Gasteiger partial charge on any atom is -0.481 e. The number of unbranched alkanes of at least 4 members (excludes halogenated alkanes) is 3. The largest absolute Gasteiger partial charge is 0.481 e. The van der Waals surface area contributed by atoms with Crippen molar-refractivity contribution < 1.29 is 9.90 Å². The first-order valence-electron chi connectivity index (χ1n) is 8.08. The Morgan fingerprint density at radius 3 is 2.55 bits per heavy atom. The molecule has 0 saturated carbocycles. The van der Waals surface area contributed by atoms with Crippen LogP contribution in [-0.2, 0) is 4.79 Å². The molecule has 2 atom stereocenters. The van der Waals surface area contributed by atoms with Gasteiger partial charge in [0.05, 0.1) is 17.8 Å². The first-order chi connectivity index (χ1) is 10.5. The average Bonchev–Trinajstić information content (AvgIpc) is 2.50. The Kier molecular flexibility index (Phi) is 7.71. The summed E-state index contributed by atoms with van der Waals surface area (Å²) >= 11 is 0. The summed E-state index contributed by atoms with van der Waals surface area (Å²) in [4.78, 5) is 17.6. The lowest BCUT2D eigenvalue weighted by Crippen LogP contribution is -2.32. The van der Waals surface area contributed by atoms with Gasteiger partial charge in [0.25, 0.3) is 0 Å². The molecule has 5 heteroatoms. The van der Waals surface area contributed by atoms with Gasteiger partial charge < -0.3 is 15.3 Å². The van der Waals surface area contributed by atoms with E-state index in [1.807, 2.05) is 31.1 Å². The van der Waals surface area contributed by atoms with E-state index in [1.165, 1.54) is 12.8 Å². The fourth-order valence-corrected chi connectivity index (χ4v) is 2.36. The minimum atomic E-state index is -0.758. The second-order valence-electron chi connectivity index (χ2n) is 6.03. The zero-order valence-electron chi connectivity index (χ0n) is 14.2. The number of nitrogens with one attached hydrogen (secondary N) is 1. The molecule has 124 valence electrons. The predicted octanol–water partition coefficient (Wildman–Crippen LogP) is 3.62. The van der Waals surface area contributed by atoms with Crippen LogP contribution in [0.3, 0.4) is 0 Å². The Hall–Kier alpha value is -1.78. The van der Waals surface area contributed by atoms with E-state index in [2.05, 4.69) is 17.2 Å². The van der Waals surface area contributed by atoms with Crippen LogP contribution in [0.5, 0.6) is 0 Å². The van der Waals surface area contributed by atoms with Crippen molar-refractivity contribution >= 4 is 17.5 Å². The lowest BCUT2D eigenvalue weighted by molar-refractivity contribution is -0.141. The molecule has 1 heterocycles. The molecule has 0 bridgehead atoms. The van der Waals surface area contributed by atoms with E-state index < -0.39 is 11.9 Å². The summed E-state index contributed by atoms with van der Waals surface area (Å²) in [6, 6.07) is 3.82. The molecule has 0 aromatic carbocycles. The lowest BCUT2D eigenvalue weighted by atomic mass is 9.95. The third-order valence-corrected chi connectivity index (χ3v) is 3.92. The van der Waals surface area contributed by atoms with Gasteiger partial charge in [-0.1, -0.05) is 32.6 Å². The van der Waals surface area contributed by atoms with E-state index in [4.69, 9.17) is 0 Å². The smallest absolute Gasteiger partial charge is 0.308 e. The molecule has 1 rings (SSSR count). The standard InChI is InChI=1S/C17H29N3O2/c1-5-6-7-8-9-15(13(2)17(21)22)19-14-10-11-16(18-12-14)20(3)4/h10-13,15,19H,5-9H2,1-4H3,(H,21,22). The van der Waals surface area contributed by atoms with Gasteiger partial charge >= 0.3 is 5.97 Å². The number of carbonyl (C=O) groups is 1. The van der Waals surface area contributed by atoms with Crippen LogP contribution in [-0.4, -0.2) is 36.2 Å². The van der Waals surface area contributed by atoms with Gasteiger partial charge in [-0.25, -0.2) is 4.98 Å². The van der Waals surface area contributed by atoms with Crippen LogP contribution in [0.15, 0.2) is 18.3 Å². The fourth-order valence-electron chi connectivity index (χ4n) is 2.36. The summed E-state index contributed by atoms with van der Waals surface area (Å²) in [5.74, 6) is -0.294. The van der Waals surface area contributed by atoms with Gasteiger partial charge in [-0.05, 0) is 25.5 Å². The van der Waals surface area contributed by atoms with Crippen LogP contribution in [0.25, 0.3) is 0 Å². The topological polar surface area (TPSA) is 65.5 Å². The summed E-state index contributed by atoms with van der Waals surface area (Å²) in [6.45, 7) is 3.94. The quantitative estimate of drug-likeness (QED) is 0.646.